The fourth-order valence-electron chi connectivity index (χ4n) is 3.27. The van der Waals surface area contributed by atoms with Crippen LogP contribution in [0.25, 0.3) is 0 Å². The molecule has 3 nitrogen and oxygen atoms in total. The average Bonchev–Trinajstić information content (AvgIpc) is 2.63. The lowest BCUT2D eigenvalue weighted by molar-refractivity contribution is -0.126. The molecular weight excluding hydrogens is 315 g/mol. The predicted octanol–water partition coefficient (Wildman–Crippen LogP) is 3.66. The first-order valence-corrected chi connectivity index (χ1v) is 8.91. The molecule has 0 saturated carbocycles. The molecule has 2 aromatic rings. The largest absolute Gasteiger partial charge is 0.352 e. The Labute approximate surface area is 148 Å². The molecule has 4 heteroatoms. The van der Waals surface area contributed by atoms with Crippen molar-refractivity contribution in [2.45, 2.75) is 32.9 Å². The molecule has 0 bridgehead atoms. The highest BCUT2D eigenvalue weighted by atomic mass is 19.1. The Morgan fingerprint density at radius 1 is 1.12 bits per heavy atom. The van der Waals surface area contributed by atoms with Crippen molar-refractivity contribution < 1.29 is 9.18 Å². The number of hydrogen-bond donors (Lipinski definition) is 1. The smallest absolute Gasteiger partial charge is 0.223 e. The second kappa shape index (κ2) is 8.26. The summed E-state index contributed by atoms with van der Waals surface area (Å²) in [5.41, 5.74) is 3.12. The van der Waals surface area contributed by atoms with Crippen molar-refractivity contribution in [3.05, 3.63) is 71.0 Å². The van der Waals surface area contributed by atoms with E-state index in [1.54, 1.807) is 18.2 Å². The van der Waals surface area contributed by atoms with E-state index in [1.165, 1.54) is 17.2 Å². The fourth-order valence-corrected chi connectivity index (χ4v) is 3.27. The fraction of sp³-hybridized carbons (Fsp3) is 0.381. The highest BCUT2D eigenvalue weighted by Crippen LogP contribution is 2.19. The maximum Gasteiger partial charge on any atom is 0.223 e. The molecule has 3 rings (SSSR count). The van der Waals surface area contributed by atoms with E-state index in [0.717, 1.165) is 32.5 Å². The SMILES string of the molecule is Cc1ccc(CN2CCC(C(=O)NCc3ccccc3F)CC2)cc1. The minimum absolute atomic E-state index is 0.0287. The third kappa shape index (κ3) is 4.89. The number of carbonyl (C=O) groups excluding carboxylic acids is 1. The van der Waals surface area contributed by atoms with Crippen LogP contribution in [0.1, 0.15) is 29.5 Å². The van der Waals surface area contributed by atoms with Crippen molar-refractivity contribution in [2.75, 3.05) is 13.1 Å². The lowest BCUT2D eigenvalue weighted by Gasteiger charge is -2.31. The lowest BCUT2D eigenvalue weighted by Crippen LogP contribution is -2.40. The molecule has 1 aliphatic heterocycles. The summed E-state index contributed by atoms with van der Waals surface area (Å²) < 4.78 is 13.6. The Hall–Kier alpha value is -2.20. The summed E-state index contributed by atoms with van der Waals surface area (Å²) in [6.07, 6.45) is 1.71. The van der Waals surface area contributed by atoms with Crippen LogP contribution in [0, 0.1) is 18.7 Å². The van der Waals surface area contributed by atoms with Gasteiger partial charge in [0.15, 0.2) is 0 Å². The van der Waals surface area contributed by atoms with Gasteiger partial charge in [0, 0.05) is 24.6 Å². The molecule has 1 fully saturated rings. The minimum atomic E-state index is -0.268. The topological polar surface area (TPSA) is 32.3 Å². The molecule has 0 radical (unpaired) electrons. The number of rotatable bonds is 5. The van der Waals surface area contributed by atoms with Crippen molar-refractivity contribution >= 4 is 5.91 Å². The molecule has 1 heterocycles. The molecule has 0 unspecified atom stereocenters. The monoisotopic (exact) mass is 340 g/mol. The van der Waals surface area contributed by atoms with E-state index in [1.807, 2.05) is 0 Å². The van der Waals surface area contributed by atoms with Crippen molar-refractivity contribution in [2.24, 2.45) is 5.92 Å². The first-order chi connectivity index (χ1) is 12.1. The molecular formula is C21H25FN2O. The van der Waals surface area contributed by atoms with Crippen LogP contribution in [-0.2, 0) is 17.9 Å². The van der Waals surface area contributed by atoms with Crippen LogP contribution in [0.3, 0.4) is 0 Å². The second-order valence-corrected chi connectivity index (χ2v) is 6.85. The molecule has 0 spiro atoms. The van der Waals surface area contributed by atoms with Gasteiger partial charge in [-0.2, -0.15) is 0 Å². The minimum Gasteiger partial charge on any atom is -0.352 e. The van der Waals surface area contributed by atoms with E-state index >= 15 is 0 Å². The number of amides is 1. The summed E-state index contributed by atoms with van der Waals surface area (Å²) in [6, 6.07) is 15.2. The zero-order valence-corrected chi connectivity index (χ0v) is 14.7. The molecule has 2 aromatic carbocycles. The Morgan fingerprint density at radius 3 is 2.48 bits per heavy atom. The van der Waals surface area contributed by atoms with Crippen LogP contribution in [0.4, 0.5) is 4.39 Å². The normalized spacial score (nSPS) is 15.9. The maximum absolute atomic E-state index is 13.6. The summed E-state index contributed by atoms with van der Waals surface area (Å²) in [6.45, 7) is 5.13. The van der Waals surface area contributed by atoms with Gasteiger partial charge in [-0.3, -0.25) is 9.69 Å². The van der Waals surface area contributed by atoms with E-state index in [-0.39, 0.29) is 24.2 Å². The van der Waals surface area contributed by atoms with Gasteiger partial charge in [-0.1, -0.05) is 48.0 Å². The second-order valence-electron chi connectivity index (χ2n) is 6.85. The Balaban J connectivity index is 1.44. The van der Waals surface area contributed by atoms with Crippen molar-refractivity contribution in [1.29, 1.82) is 0 Å². The third-order valence-electron chi connectivity index (χ3n) is 4.90. The molecule has 1 aliphatic rings. The summed E-state index contributed by atoms with van der Waals surface area (Å²) in [5.74, 6) is -0.199. The molecule has 1 N–H and O–H groups in total. The van der Waals surface area contributed by atoms with Crippen LogP contribution in [-0.4, -0.2) is 23.9 Å². The van der Waals surface area contributed by atoms with Crippen LogP contribution in [0.5, 0.6) is 0 Å². The molecule has 0 aliphatic carbocycles. The van der Waals surface area contributed by atoms with Crippen LogP contribution >= 0.6 is 0 Å². The summed E-state index contributed by atoms with van der Waals surface area (Å²) >= 11 is 0. The van der Waals surface area contributed by atoms with Gasteiger partial charge in [-0.05, 0) is 44.5 Å². The number of likely N-dealkylation sites (tertiary alicyclic amines) is 1. The van der Waals surface area contributed by atoms with Gasteiger partial charge in [-0.25, -0.2) is 4.39 Å². The van der Waals surface area contributed by atoms with Gasteiger partial charge >= 0.3 is 0 Å². The van der Waals surface area contributed by atoms with Gasteiger partial charge in [0.25, 0.3) is 0 Å². The molecule has 25 heavy (non-hydrogen) atoms. The number of halogens is 1. The Morgan fingerprint density at radius 2 is 1.80 bits per heavy atom. The average molecular weight is 340 g/mol. The first-order valence-electron chi connectivity index (χ1n) is 8.91. The van der Waals surface area contributed by atoms with Gasteiger partial charge in [0.1, 0.15) is 5.82 Å². The van der Waals surface area contributed by atoms with Gasteiger partial charge in [-0.15, -0.1) is 0 Å². The van der Waals surface area contributed by atoms with Gasteiger partial charge in [0.05, 0.1) is 0 Å². The highest BCUT2D eigenvalue weighted by molar-refractivity contribution is 5.78. The maximum atomic E-state index is 13.6. The van der Waals surface area contributed by atoms with Crippen LogP contribution in [0.2, 0.25) is 0 Å². The standard InChI is InChI=1S/C21H25FN2O/c1-16-6-8-17(9-7-16)15-24-12-10-18(11-13-24)21(25)23-14-19-4-2-3-5-20(19)22/h2-9,18H,10-15H2,1H3,(H,23,25). The Kier molecular flexibility index (Phi) is 5.82. The molecule has 0 aromatic heterocycles. The first kappa shape index (κ1) is 17.6. The van der Waals surface area contributed by atoms with Crippen LogP contribution < -0.4 is 5.32 Å². The number of hydrogen-bond acceptors (Lipinski definition) is 2. The highest BCUT2D eigenvalue weighted by Gasteiger charge is 2.24. The van der Waals surface area contributed by atoms with Crippen LogP contribution in [0.15, 0.2) is 48.5 Å². The van der Waals surface area contributed by atoms with Gasteiger partial charge in [0.2, 0.25) is 5.91 Å². The molecule has 1 amide bonds. The van der Waals surface area contributed by atoms with E-state index in [9.17, 15) is 9.18 Å². The zero-order valence-electron chi connectivity index (χ0n) is 14.7. The van der Waals surface area contributed by atoms with E-state index in [2.05, 4.69) is 41.4 Å². The van der Waals surface area contributed by atoms with E-state index in [4.69, 9.17) is 0 Å². The number of nitrogens with one attached hydrogen (secondary N) is 1. The molecule has 1 saturated heterocycles. The quantitative estimate of drug-likeness (QED) is 0.901. The van der Waals surface area contributed by atoms with E-state index in [0.29, 0.717) is 5.56 Å². The zero-order chi connectivity index (χ0) is 17.6. The predicted molar refractivity (Wildman–Crippen MR) is 97.4 cm³/mol. The number of piperidine rings is 1. The molecule has 0 atom stereocenters. The van der Waals surface area contributed by atoms with Crippen molar-refractivity contribution in [1.82, 2.24) is 10.2 Å². The van der Waals surface area contributed by atoms with Crippen molar-refractivity contribution in [3.63, 3.8) is 0 Å². The lowest BCUT2D eigenvalue weighted by atomic mass is 9.95. The summed E-state index contributed by atoms with van der Waals surface area (Å²) in [5, 5.41) is 2.88. The summed E-state index contributed by atoms with van der Waals surface area (Å²) in [4.78, 5) is 14.7. The summed E-state index contributed by atoms with van der Waals surface area (Å²) in [7, 11) is 0. The van der Waals surface area contributed by atoms with Gasteiger partial charge < -0.3 is 5.32 Å². The van der Waals surface area contributed by atoms with E-state index < -0.39 is 0 Å². The number of benzene rings is 2. The molecule has 132 valence electrons. The Bertz CT molecular complexity index is 706. The number of nitrogens with zero attached hydrogens (tertiary/aromatic N) is 1. The van der Waals surface area contributed by atoms with Crippen molar-refractivity contribution in [3.8, 4) is 0 Å². The number of aryl methyl sites for hydroxylation is 1. The third-order valence-corrected chi connectivity index (χ3v) is 4.90. The number of carbonyl (C=O) groups is 1.